The van der Waals surface area contributed by atoms with E-state index < -0.39 is 4.92 Å². The van der Waals surface area contributed by atoms with Crippen LogP contribution in [0.5, 0.6) is 0 Å². The molecule has 0 spiro atoms. The van der Waals surface area contributed by atoms with Crippen LogP contribution in [0.1, 0.15) is 34.5 Å². The highest BCUT2D eigenvalue weighted by Crippen LogP contribution is 2.31. The molecule has 0 fully saturated rings. The summed E-state index contributed by atoms with van der Waals surface area (Å²) in [6, 6.07) is 10.6. The second-order valence-corrected chi connectivity index (χ2v) is 8.71. The predicted octanol–water partition coefficient (Wildman–Crippen LogP) is 4.43. The van der Waals surface area contributed by atoms with Crippen molar-refractivity contribution in [1.82, 2.24) is 9.55 Å². The zero-order valence-corrected chi connectivity index (χ0v) is 16.8. The molecule has 0 amide bonds. The summed E-state index contributed by atoms with van der Waals surface area (Å²) >= 11 is 3.19. The Morgan fingerprint density at radius 3 is 2.68 bits per heavy atom. The van der Waals surface area contributed by atoms with Crippen LogP contribution < -0.4 is 5.69 Å². The maximum atomic E-state index is 12.7. The first-order valence-corrected chi connectivity index (χ1v) is 11.0. The SMILES string of the molecule is O=c1nc(SCc2ccc([N+](=O)[O-])cc2)c2c(n1Cc1cccs1)CCCC2. The smallest absolute Gasteiger partial charge is 0.291 e. The van der Waals surface area contributed by atoms with Crippen LogP contribution in [0.2, 0.25) is 0 Å². The summed E-state index contributed by atoms with van der Waals surface area (Å²) in [5.41, 5.74) is 3.17. The number of nitrogens with zero attached hydrogens (tertiary/aromatic N) is 3. The van der Waals surface area contributed by atoms with E-state index in [2.05, 4.69) is 4.98 Å². The molecular weight excluding hydrogens is 394 g/mol. The van der Waals surface area contributed by atoms with E-state index in [1.54, 1.807) is 35.2 Å². The van der Waals surface area contributed by atoms with Gasteiger partial charge in [-0.1, -0.05) is 18.2 Å². The molecule has 6 nitrogen and oxygen atoms in total. The van der Waals surface area contributed by atoms with E-state index in [0.29, 0.717) is 12.3 Å². The summed E-state index contributed by atoms with van der Waals surface area (Å²) < 4.78 is 1.83. The van der Waals surface area contributed by atoms with E-state index in [1.165, 1.54) is 17.7 Å². The monoisotopic (exact) mass is 413 g/mol. The van der Waals surface area contributed by atoms with Gasteiger partial charge in [-0.2, -0.15) is 4.98 Å². The molecule has 1 aromatic carbocycles. The Kier molecular flexibility index (Phi) is 5.59. The average Bonchev–Trinajstić information content (AvgIpc) is 3.22. The number of nitro benzene ring substituents is 1. The van der Waals surface area contributed by atoms with Crippen molar-refractivity contribution >= 4 is 28.8 Å². The van der Waals surface area contributed by atoms with Gasteiger partial charge in [0.25, 0.3) is 5.69 Å². The fourth-order valence-corrected chi connectivity index (χ4v) is 5.18. The van der Waals surface area contributed by atoms with Gasteiger partial charge in [0.2, 0.25) is 0 Å². The van der Waals surface area contributed by atoms with Crippen LogP contribution in [0.4, 0.5) is 5.69 Å². The Morgan fingerprint density at radius 2 is 1.96 bits per heavy atom. The zero-order valence-electron chi connectivity index (χ0n) is 15.2. The molecule has 4 rings (SSSR count). The first-order chi connectivity index (χ1) is 13.6. The van der Waals surface area contributed by atoms with Crippen molar-refractivity contribution in [2.75, 3.05) is 0 Å². The second kappa shape index (κ2) is 8.28. The van der Waals surface area contributed by atoms with Crippen LogP contribution in [0, 0.1) is 10.1 Å². The van der Waals surface area contributed by atoms with E-state index in [0.717, 1.165) is 46.8 Å². The van der Waals surface area contributed by atoms with E-state index >= 15 is 0 Å². The van der Waals surface area contributed by atoms with E-state index in [1.807, 2.05) is 22.1 Å². The molecule has 0 bridgehead atoms. The van der Waals surface area contributed by atoms with Gasteiger partial charge in [0.05, 0.1) is 11.5 Å². The number of hydrogen-bond donors (Lipinski definition) is 0. The average molecular weight is 414 g/mol. The van der Waals surface area contributed by atoms with Crippen molar-refractivity contribution in [3.8, 4) is 0 Å². The Labute approximate surface area is 170 Å². The Bertz CT molecular complexity index is 1040. The number of rotatable bonds is 6. The molecule has 0 atom stereocenters. The summed E-state index contributed by atoms with van der Waals surface area (Å²) in [7, 11) is 0. The molecule has 0 radical (unpaired) electrons. The molecule has 2 heterocycles. The lowest BCUT2D eigenvalue weighted by Crippen LogP contribution is -2.30. The molecule has 1 aliphatic rings. The zero-order chi connectivity index (χ0) is 19.5. The molecule has 3 aromatic rings. The summed E-state index contributed by atoms with van der Waals surface area (Å²) in [5, 5.41) is 13.6. The lowest BCUT2D eigenvalue weighted by Gasteiger charge is -2.22. The second-order valence-electron chi connectivity index (χ2n) is 6.71. The fourth-order valence-electron chi connectivity index (χ4n) is 3.45. The highest BCUT2D eigenvalue weighted by Gasteiger charge is 2.21. The Hall–Kier alpha value is -2.45. The number of benzene rings is 1. The number of hydrogen-bond acceptors (Lipinski definition) is 6. The summed E-state index contributed by atoms with van der Waals surface area (Å²) in [6.45, 7) is 0.582. The van der Waals surface area contributed by atoms with Crippen LogP contribution in [-0.2, 0) is 25.1 Å². The van der Waals surface area contributed by atoms with Crippen LogP contribution in [0.3, 0.4) is 0 Å². The third-order valence-electron chi connectivity index (χ3n) is 4.87. The lowest BCUT2D eigenvalue weighted by molar-refractivity contribution is -0.384. The number of thiophene rings is 1. The maximum absolute atomic E-state index is 12.7. The number of nitro groups is 1. The van der Waals surface area contributed by atoms with Gasteiger partial charge < -0.3 is 0 Å². The van der Waals surface area contributed by atoms with E-state index in [9.17, 15) is 14.9 Å². The van der Waals surface area contributed by atoms with Crippen molar-refractivity contribution in [3.63, 3.8) is 0 Å². The largest absolute Gasteiger partial charge is 0.349 e. The third-order valence-corrected chi connectivity index (χ3v) is 6.82. The minimum Gasteiger partial charge on any atom is -0.291 e. The van der Waals surface area contributed by atoms with Crippen LogP contribution in [0.25, 0.3) is 0 Å². The van der Waals surface area contributed by atoms with Gasteiger partial charge in [-0.15, -0.1) is 23.1 Å². The van der Waals surface area contributed by atoms with Crippen molar-refractivity contribution in [1.29, 1.82) is 0 Å². The van der Waals surface area contributed by atoms with Crippen molar-refractivity contribution in [2.24, 2.45) is 0 Å². The molecule has 2 aromatic heterocycles. The van der Waals surface area contributed by atoms with Crippen LogP contribution >= 0.6 is 23.1 Å². The highest BCUT2D eigenvalue weighted by atomic mass is 32.2. The molecule has 0 unspecified atom stereocenters. The van der Waals surface area contributed by atoms with Gasteiger partial charge in [0.1, 0.15) is 5.03 Å². The minimum absolute atomic E-state index is 0.0837. The van der Waals surface area contributed by atoms with Crippen LogP contribution in [-0.4, -0.2) is 14.5 Å². The van der Waals surface area contributed by atoms with E-state index in [4.69, 9.17) is 0 Å². The Morgan fingerprint density at radius 1 is 1.18 bits per heavy atom. The molecular formula is C20H19N3O3S2. The molecule has 28 heavy (non-hydrogen) atoms. The summed E-state index contributed by atoms with van der Waals surface area (Å²) in [5.74, 6) is 0.631. The van der Waals surface area contributed by atoms with Crippen LogP contribution in [0.15, 0.2) is 51.6 Å². The number of thioether (sulfide) groups is 1. The van der Waals surface area contributed by atoms with Gasteiger partial charge in [0.15, 0.2) is 0 Å². The number of non-ortho nitro benzene ring substituents is 1. The molecule has 0 saturated heterocycles. The normalized spacial score (nSPS) is 13.3. The van der Waals surface area contributed by atoms with E-state index in [-0.39, 0.29) is 11.4 Å². The minimum atomic E-state index is -0.401. The van der Waals surface area contributed by atoms with Crippen molar-refractivity contribution < 1.29 is 4.92 Å². The summed E-state index contributed by atoms with van der Waals surface area (Å²) in [6.07, 6.45) is 4.05. The van der Waals surface area contributed by atoms with Gasteiger partial charge in [-0.25, -0.2) is 4.79 Å². The highest BCUT2D eigenvalue weighted by molar-refractivity contribution is 7.98. The first-order valence-electron chi connectivity index (χ1n) is 9.13. The molecule has 144 valence electrons. The quantitative estimate of drug-likeness (QED) is 0.258. The standard InChI is InChI=1S/C20H19N3O3S2/c24-20-21-19(28-13-14-7-9-15(10-8-14)23(25)26)17-5-1-2-6-18(17)22(20)12-16-4-3-11-27-16/h3-4,7-11H,1-2,5-6,12-13H2. The van der Waals surface area contributed by atoms with Gasteiger partial charge in [0, 0.05) is 34.0 Å². The lowest BCUT2D eigenvalue weighted by atomic mass is 9.97. The third kappa shape index (κ3) is 4.02. The molecule has 0 saturated carbocycles. The molecule has 0 N–H and O–H groups in total. The molecule has 1 aliphatic carbocycles. The molecule has 0 aliphatic heterocycles. The van der Waals surface area contributed by atoms with Gasteiger partial charge >= 0.3 is 5.69 Å². The summed E-state index contributed by atoms with van der Waals surface area (Å²) in [4.78, 5) is 28.7. The first kappa shape index (κ1) is 18.9. The Balaban J connectivity index is 1.59. The van der Waals surface area contributed by atoms with Crippen molar-refractivity contribution in [3.05, 3.63) is 84.1 Å². The van der Waals surface area contributed by atoms with Crippen molar-refractivity contribution in [2.45, 2.75) is 43.0 Å². The molecule has 8 heteroatoms. The van der Waals surface area contributed by atoms with Gasteiger partial charge in [-0.05, 0) is 42.7 Å². The predicted molar refractivity (Wildman–Crippen MR) is 111 cm³/mol. The van der Waals surface area contributed by atoms with Gasteiger partial charge in [-0.3, -0.25) is 14.7 Å². The number of fused-ring (bicyclic) bond motifs is 1. The maximum Gasteiger partial charge on any atom is 0.349 e. The fraction of sp³-hybridized carbons (Fsp3) is 0.300. The number of aromatic nitrogens is 2. The topological polar surface area (TPSA) is 78.0 Å².